The Morgan fingerprint density at radius 2 is 2.03 bits per heavy atom. The van der Waals surface area contributed by atoms with Crippen molar-refractivity contribution in [1.29, 1.82) is 0 Å². The molecule has 0 bridgehead atoms. The van der Waals surface area contributed by atoms with Crippen LogP contribution in [0.4, 0.5) is 5.82 Å². The maximum atomic E-state index is 12.2. The summed E-state index contributed by atoms with van der Waals surface area (Å²) in [6, 6.07) is 10.1. The molecule has 4 unspecified atom stereocenters. The Bertz CT molecular complexity index is 941. The zero-order chi connectivity index (χ0) is 23.1. The SMILES string of the molecule is CC(C)OC(=O)C(C)NP(OCC1CCC(n2ccc(N)nc2=O)O1)Oc1ccccc1. The molecule has 1 aromatic carbocycles. The number of hydrogen-bond acceptors (Lipinski definition) is 9. The number of nitrogens with two attached hydrogens (primary N) is 1. The van der Waals surface area contributed by atoms with E-state index in [0.29, 0.717) is 18.6 Å². The average Bonchev–Trinajstić information content (AvgIpc) is 3.21. The number of nitrogens with one attached hydrogen (secondary N) is 1. The highest BCUT2D eigenvalue weighted by atomic mass is 31.2. The number of aromatic nitrogens is 2. The van der Waals surface area contributed by atoms with Crippen LogP contribution in [0.25, 0.3) is 0 Å². The molecule has 2 heterocycles. The standard InChI is InChI=1S/C21H29N4O6P/c1-14(2)29-20(26)15(3)24-32(31-16-7-5-4-6-8-16)28-13-17-9-10-19(30-17)25-12-11-18(22)23-21(25)27/h4-8,11-12,14-15,17,19,24H,9-10,13H2,1-3H3,(H2,22,23,27). The van der Waals surface area contributed by atoms with E-state index in [2.05, 4.69) is 10.1 Å². The summed E-state index contributed by atoms with van der Waals surface area (Å²) < 4.78 is 24.5. The number of esters is 1. The number of carbonyl (C=O) groups is 1. The van der Waals surface area contributed by atoms with Crippen LogP contribution >= 0.6 is 8.53 Å². The van der Waals surface area contributed by atoms with Crippen LogP contribution in [0.15, 0.2) is 47.4 Å². The molecule has 1 fully saturated rings. The lowest BCUT2D eigenvalue weighted by atomic mass is 10.2. The van der Waals surface area contributed by atoms with E-state index in [1.165, 1.54) is 4.57 Å². The highest BCUT2D eigenvalue weighted by Crippen LogP contribution is 2.38. The third-order valence-electron chi connectivity index (χ3n) is 4.56. The molecule has 0 amide bonds. The van der Waals surface area contributed by atoms with Crippen LogP contribution in [0.1, 0.15) is 39.8 Å². The minimum atomic E-state index is -1.66. The first-order valence-corrected chi connectivity index (χ1v) is 11.6. The lowest BCUT2D eigenvalue weighted by molar-refractivity contribution is -0.149. The molecule has 0 saturated carbocycles. The fourth-order valence-corrected chi connectivity index (χ4v) is 4.24. The number of nitrogen functional groups attached to an aromatic ring is 1. The second-order valence-electron chi connectivity index (χ2n) is 7.63. The van der Waals surface area contributed by atoms with Gasteiger partial charge in [-0.05, 0) is 51.8 Å². The fourth-order valence-electron chi connectivity index (χ4n) is 3.02. The van der Waals surface area contributed by atoms with Gasteiger partial charge in [-0.3, -0.25) is 9.36 Å². The summed E-state index contributed by atoms with van der Waals surface area (Å²) in [4.78, 5) is 28.0. The summed E-state index contributed by atoms with van der Waals surface area (Å²) in [5.74, 6) is 0.393. The molecule has 32 heavy (non-hydrogen) atoms. The Hall–Kier alpha value is -2.52. The molecule has 174 valence electrons. The largest absolute Gasteiger partial charge is 0.462 e. The van der Waals surface area contributed by atoms with Crippen molar-refractivity contribution in [1.82, 2.24) is 14.6 Å². The van der Waals surface area contributed by atoms with Gasteiger partial charge in [0.25, 0.3) is 0 Å². The number of nitrogens with zero attached hydrogens (tertiary/aromatic N) is 2. The van der Waals surface area contributed by atoms with E-state index in [1.54, 1.807) is 45.2 Å². The Kier molecular flexibility index (Phi) is 8.58. The van der Waals surface area contributed by atoms with E-state index in [-0.39, 0.29) is 30.6 Å². The van der Waals surface area contributed by atoms with Crippen LogP contribution in [0.5, 0.6) is 5.75 Å². The van der Waals surface area contributed by atoms with Crippen LogP contribution < -0.4 is 21.0 Å². The molecule has 1 aliphatic rings. The number of ether oxygens (including phenoxy) is 2. The molecule has 3 rings (SSSR count). The Morgan fingerprint density at radius 3 is 2.72 bits per heavy atom. The third-order valence-corrected chi connectivity index (χ3v) is 5.92. The number of benzene rings is 1. The minimum absolute atomic E-state index is 0.170. The van der Waals surface area contributed by atoms with Gasteiger partial charge in [0, 0.05) is 6.20 Å². The van der Waals surface area contributed by atoms with Gasteiger partial charge in [0.2, 0.25) is 0 Å². The van der Waals surface area contributed by atoms with Crippen molar-refractivity contribution in [3.05, 3.63) is 53.1 Å². The van der Waals surface area contributed by atoms with E-state index in [1.807, 2.05) is 18.2 Å². The predicted molar refractivity (Wildman–Crippen MR) is 120 cm³/mol. The van der Waals surface area contributed by atoms with Crippen molar-refractivity contribution in [2.75, 3.05) is 12.3 Å². The second-order valence-corrected chi connectivity index (χ2v) is 8.84. The van der Waals surface area contributed by atoms with Gasteiger partial charge in [-0.15, -0.1) is 0 Å². The van der Waals surface area contributed by atoms with Gasteiger partial charge in [-0.25, -0.2) is 9.88 Å². The highest BCUT2D eigenvalue weighted by molar-refractivity contribution is 7.45. The van der Waals surface area contributed by atoms with Crippen LogP contribution in [-0.2, 0) is 18.8 Å². The molecule has 1 aromatic heterocycles. The molecule has 1 aliphatic heterocycles. The number of hydrogen-bond donors (Lipinski definition) is 2. The lowest BCUT2D eigenvalue weighted by Gasteiger charge is -2.23. The molecular weight excluding hydrogens is 435 g/mol. The van der Waals surface area contributed by atoms with Gasteiger partial charge in [-0.1, -0.05) is 18.2 Å². The molecule has 1 saturated heterocycles. The molecule has 0 spiro atoms. The van der Waals surface area contributed by atoms with Gasteiger partial charge >= 0.3 is 20.2 Å². The zero-order valence-electron chi connectivity index (χ0n) is 18.3. The maximum Gasteiger partial charge on any atom is 0.351 e. The van der Waals surface area contributed by atoms with E-state index in [0.717, 1.165) is 0 Å². The van der Waals surface area contributed by atoms with E-state index in [9.17, 15) is 9.59 Å². The highest BCUT2D eigenvalue weighted by Gasteiger charge is 2.30. The Morgan fingerprint density at radius 1 is 1.28 bits per heavy atom. The molecule has 4 atom stereocenters. The van der Waals surface area contributed by atoms with Crippen molar-refractivity contribution >= 4 is 20.3 Å². The Balaban J connectivity index is 1.59. The van der Waals surface area contributed by atoms with Crippen molar-refractivity contribution < 1.29 is 23.3 Å². The monoisotopic (exact) mass is 464 g/mol. The van der Waals surface area contributed by atoms with Crippen molar-refractivity contribution in [3.8, 4) is 5.75 Å². The lowest BCUT2D eigenvalue weighted by Crippen LogP contribution is -2.35. The number of para-hydroxylation sites is 1. The third kappa shape index (κ3) is 7.00. The van der Waals surface area contributed by atoms with Crippen molar-refractivity contribution in [2.24, 2.45) is 0 Å². The Labute approximate surface area is 188 Å². The summed E-state index contributed by atoms with van der Waals surface area (Å²) in [5, 5.41) is 3.06. The average molecular weight is 464 g/mol. The molecule has 0 aliphatic carbocycles. The van der Waals surface area contributed by atoms with Gasteiger partial charge < -0.3 is 24.3 Å². The van der Waals surface area contributed by atoms with Crippen LogP contribution in [0.3, 0.4) is 0 Å². The molecule has 10 nitrogen and oxygen atoms in total. The predicted octanol–water partition coefficient (Wildman–Crippen LogP) is 2.76. The van der Waals surface area contributed by atoms with Gasteiger partial charge in [-0.2, -0.15) is 4.98 Å². The summed E-state index contributed by atoms with van der Waals surface area (Å²) in [7, 11) is -1.66. The number of carbonyl (C=O) groups excluding carboxylic acids is 1. The topological polar surface area (TPSA) is 127 Å². The smallest absolute Gasteiger partial charge is 0.351 e. The van der Waals surface area contributed by atoms with E-state index in [4.69, 9.17) is 24.3 Å². The quantitative estimate of drug-likeness (QED) is 0.403. The van der Waals surface area contributed by atoms with E-state index < -0.39 is 26.5 Å². The second kappa shape index (κ2) is 11.4. The van der Waals surface area contributed by atoms with Gasteiger partial charge in [0.15, 0.2) is 0 Å². The molecule has 2 aromatic rings. The van der Waals surface area contributed by atoms with Crippen LogP contribution in [0.2, 0.25) is 0 Å². The number of anilines is 1. The molecular formula is C21H29N4O6P. The summed E-state index contributed by atoms with van der Waals surface area (Å²) in [6.45, 7) is 5.51. The first-order chi connectivity index (χ1) is 15.3. The molecule has 11 heteroatoms. The van der Waals surface area contributed by atoms with Crippen molar-refractivity contribution in [2.45, 2.75) is 58.1 Å². The fraction of sp³-hybridized carbons (Fsp3) is 0.476. The van der Waals surface area contributed by atoms with E-state index >= 15 is 0 Å². The minimum Gasteiger partial charge on any atom is -0.462 e. The maximum absolute atomic E-state index is 12.2. The van der Waals surface area contributed by atoms with Crippen LogP contribution in [0, 0.1) is 0 Å². The summed E-state index contributed by atoms with van der Waals surface area (Å²) in [6.07, 6.45) is 2.02. The zero-order valence-corrected chi connectivity index (χ0v) is 19.2. The first-order valence-electron chi connectivity index (χ1n) is 10.4. The molecule has 3 N–H and O–H groups in total. The summed E-state index contributed by atoms with van der Waals surface area (Å²) in [5.41, 5.74) is 5.09. The van der Waals surface area contributed by atoms with Crippen molar-refractivity contribution in [3.63, 3.8) is 0 Å². The normalized spacial score (nSPS) is 20.1. The van der Waals surface area contributed by atoms with Gasteiger partial charge in [0.1, 0.15) is 23.8 Å². The molecule has 0 radical (unpaired) electrons. The van der Waals surface area contributed by atoms with Crippen LogP contribution in [-0.4, -0.2) is 40.4 Å². The number of rotatable bonds is 10. The summed E-state index contributed by atoms with van der Waals surface area (Å²) >= 11 is 0. The van der Waals surface area contributed by atoms with Gasteiger partial charge in [0.05, 0.1) is 18.8 Å². The first kappa shape index (κ1) is 24.1.